The molecule has 1 aromatic rings. The molecule has 2 nitrogen and oxygen atoms in total. The number of benzene rings is 1. The molecule has 20 heavy (non-hydrogen) atoms. The van der Waals surface area contributed by atoms with Crippen molar-refractivity contribution in [2.75, 3.05) is 13.7 Å². The second kappa shape index (κ2) is 5.77. The molecule has 0 bridgehead atoms. The molecule has 1 aromatic carbocycles. The smallest absolute Gasteiger partial charge is 0.125 e. The largest absolute Gasteiger partial charge is 0.496 e. The number of ether oxygens (including phenoxy) is 1. The van der Waals surface area contributed by atoms with E-state index in [-0.39, 0.29) is 5.54 Å². The lowest BCUT2D eigenvalue weighted by Gasteiger charge is -2.29. The van der Waals surface area contributed by atoms with E-state index in [0.29, 0.717) is 11.8 Å². The van der Waals surface area contributed by atoms with E-state index in [0.717, 1.165) is 12.3 Å². The summed E-state index contributed by atoms with van der Waals surface area (Å²) in [6, 6.07) is 4.71. The van der Waals surface area contributed by atoms with Gasteiger partial charge in [-0.15, -0.1) is 0 Å². The molecule has 1 aliphatic rings. The van der Waals surface area contributed by atoms with Crippen LogP contribution in [-0.4, -0.2) is 13.7 Å². The molecule has 0 aromatic heterocycles. The van der Waals surface area contributed by atoms with Gasteiger partial charge in [0, 0.05) is 5.54 Å². The van der Waals surface area contributed by atoms with Gasteiger partial charge in [-0.2, -0.15) is 0 Å². The zero-order chi connectivity index (χ0) is 14.9. The van der Waals surface area contributed by atoms with E-state index in [9.17, 15) is 0 Å². The molecule has 2 heteroatoms. The van der Waals surface area contributed by atoms with E-state index < -0.39 is 0 Å². The minimum Gasteiger partial charge on any atom is -0.496 e. The zero-order valence-corrected chi connectivity index (χ0v) is 13.8. The van der Waals surface area contributed by atoms with Gasteiger partial charge in [-0.3, -0.25) is 0 Å². The fraction of sp³-hybridized carbons (Fsp3) is 0.667. The van der Waals surface area contributed by atoms with Gasteiger partial charge in [0.15, 0.2) is 0 Å². The Labute approximate surface area is 123 Å². The molecule has 1 N–H and O–H groups in total. The summed E-state index contributed by atoms with van der Waals surface area (Å²) in [6.45, 7) is 12.4. The van der Waals surface area contributed by atoms with Gasteiger partial charge >= 0.3 is 0 Å². The number of hydrogen-bond acceptors (Lipinski definition) is 2. The highest BCUT2D eigenvalue weighted by Crippen LogP contribution is 2.40. The SMILES string of the molecule is COc1c(C(C)C)cc(C2(C)CCCN2)cc1C(C)C. The van der Waals surface area contributed by atoms with E-state index in [4.69, 9.17) is 4.74 Å². The quantitative estimate of drug-likeness (QED) is 0.871. The monoisotopic (exact) mass is 275 g/mol. The van der Waals surface area contributed by atoms with Crippen molar-refractivity contribution in [3.8, 4) is 5.75 Å². The van der Waals surface area contributed by atoms with Crippen LogP contribution in [-0.2, 0) is 5.54 Å². The van der Waals surface area contributed by atoms with Gasteiger partial charge in [-0.1, -0.05) is 27.7 Å². The normalized spacial score (nSPS) is 22.8. The molecule has 2 rings (SSSR count). The minimum atomic E-state index is 0.125. The van der Waals surface area contributed by atoms with Gasteiger partial charge in [0.25, 0.3) is 0 Å². The highest BCUT2D eigenvalue weighted by Gasteiger charge is 2.32. The summed E-state index contributed by atoms with van der Waals surface area (Å²) in [5.41, 5.74) is 4.22. The Morgan fingerprint density at radius 2 is 1.65 bits per heavy atom. The maximum Gasteiger partial charge on any atom is 0.125 e. The first-order chi connectivity index (χ1) is 9.39. The third-order valence-electron chi connectivity index (χ3n) is 4.60. The van der Waals surface area contributed by atoms with Crippen LogP contribution in [0.4, 0.5) is 0 Å². The molecular weight excluding hydrogens is 246 g/mol. The Bertz CT molecular complexity index is 441. The first kappa shape index (κ1) is 15.4. The first-order valence-electron chi connectivity index (χ1n) is 7.86. The molecule has 1 aliphatic heterocycles. The second-order valence-corrected chi connectivity index (χ2v) is 6.86. The number of hydrogen-bond donors (Lipinski definition) is 1. The summed E-state index contributed by atoms with van der Waals surface area (Å²) in [6.07, 6.45) is 2.48. The standard InChI is InChI=1S/C18H29NO/c1-12(2)15-10-14(18(5)8-7-9-19-18)11-16(13(3)4)17(15)20-6/h10-13,19H,7-9H2,1-6H3. The second-order valence-electron chi connectivity index (χ2n) is 6.86. The van der Waals surface area contributed by atoms with Crippen molar-refractivity contribution >= 4 is 0 Å². The highest BCUT2D eigenvalue weighted by molar-refractivity contribution is 5.49. The van der Waals surface area contributed by atoms with Gasteiger partial charge in [0.1, 0.15) is 5.75 Å². The van der Waals surface area contributed by atoms with Crippen molar-refractivity contribution < 1.29 is 4.74 Å². The van der Waals surface area contributed by atoms with Crippen molar-refractivity contribution in [3.05, 3.63) is 28.8 Å². The molecule has 1 atom stereocenters. The third kappa shape index (κ3) is 2.71. The lowest BCUT2D eigenvalue weighted by atomic mass is 9.83. The number of nitrogens with one attached hydrogen (secondary N) is 1. The van der Waals surface area contributed by atoms with Gasteiger partial charge in [-0.05, 0) is 67.0 Å². The van der Waals surface area contributed by atoms with Crippen LogP contribution in [0.3, 0.4) is 0 Å². The molecule has 0 radical (unpaired) electrons. The maximum atomic E-state index is 5.73. The van der Waals surface area contributed by atoms with E-state index in [1.807, 2.05) is 0 Å². The van der Waals surface area contributed by atoms with Gasteiger partial charge in [0.05, 0.1) is 7.11 Å². The maximum absolute atomic E-state index is 5.73. The van der Waals surface area contributed by atoms with Crippen LogP contribution in [0.15, 0.2) is 12.1 Å². The van der Waals surface area contributed by atoms with Crippen molar-refractivity contribution in [2.24, 2.45) is 0 Å². The molecule has 112 valence electrons. The average molecular weight is 275 g/mol. The Kier molecular flexibility index (Phi) is 4.43. The van der Waals surface area contributed by atoms with Crippen LogP contribution >= 0.6 is 0 Å². The lowest BCUT2D eigenvalue weighted by molar-refractivity contribution is 0.395. The fourth-order valence-corrected chi connectivity index (χ4v) is 3.23. The predicted molar refractivity (Wildman–Crippen MR) is 85.8 cm³/mol. The fourth-order valence-electron chi connectivity index (χ4n) is 3.23. The van der Waals surface area contributed by atoms with Crippen LogP contribution in [0.2, 0.25) is 0 Å². The Hall–Kier alpha value is -1.02. The van der Waals surface area contributed by atoms with Crippen LogP contribution in [0.5, 0.6) is 5.75 Å². The van der Waals surface area contributed by atoms with Crippen LogP contribution in [0, 0.1) is 0 Å². The Balaban J connectivity index is 2.59. The van der Waals surface area contributed by atoms with E-state index in [2.05, 4.69) is 52.1 Å². The molecular formula is C18H29NO. The van der Waals surface area contributed by atoms with Crippen molar-refractivity contribution in [3.63, 3.8) is 0 Å². The summed E-state index contributed by atoms with van der Waals surface area (Å²) >= 11 is 0. The number of methoxy groups -OCH3 is 1. The van der Waals surface area contributed by atoms with Gasteiger partial charge in [0.2, 0.25) is 0 Å². The summed E-state index contributed by atoms with van der Waals surface area (Å²) in [7, 11) is 1.79. The summed E-state index contributed by atoms with van der Waals surface area (Å²) in [4.78, 5) is 0. The molecule has 0 aliphatic carbocycles. The van der Waals surface area contributed by atoms with Crippen molar-refractivity contribution in [1.82, 2.24) is 5.32 Å². The average Bonchev–Trinajstić information content (AvgIpc) is 2.85. The van der Waals surface area contributed by atoms with Crippen LogP contribution in [0.25, 0.3) is 0 Å². The summed E-state index contributed by atoms with van der Waals surface area (Å²) < 4.78 is 5.73. The minimum absolute atomic E-state index is 0.125. The third-order valence-corrected chi connectivity index (χ3v) is 4.60. The lowest BCUT2D eigenvalue weighted by Crippen LogP contribution is -2.33. The summed E-state index contributed by atoms with van der Waals surface area (Å²) in [5.74, 6) is 2.04. The molecule has 1 unspecified atom stereocenters. The Morgan fingerprint density at radius 1 is 1.10 bits per heavy atom. The van der Waals surface area contributed by atoms with Crippen LogP contribution in [0.1, 0.15) is 76.0 Å². The number of rotatable bonds is 4. The zero-order valence-electron chi connectivity index (χ0n) is 13.8. The van der Waals surface area contributed by atoms with E-state index in [1.165, 1.54) is 29.5 Å². The molecule has 0 amide bonds. The topological polar surface area (TPSA) is 21.3 Å². The van der Waals surface area contributed by atoms with Crippen molar-refractivity contribution in [1.29, 1.82) is 0 Å². The molecule has 1 fully saturated rings. The Morgan fingerprint density at radius 3 is 2.00 bits per heavy atom. The predicted octanol–water partition coefficient (Wildman–Crippen LogP) is 4.54. The molecule has 0 spiro atoms. The van der Waals surface area contributed by atoms with E-state index >= 15 is 0 Å². The first-order valence-corrected chi connectivity index (χ1v) is 7.86. The van der Waals surface area contributed by atoms with Gasteiger partial charge < -0.3 is 10.1 Å². The highest BCUT2D eigenvalue weighted by atomic mass is 16.5. The molecule has 1 heterocycles. The van der Waals surface area contributed by atoms with Gasteiger partial charge in [-0.25, -0.2) is 0 Å². The molecule has 0 saturated carbocycles. The molecule has 1 saturated heterocycles. The van der Waals surface area contributed by atoms with E-state index in [1.54, 1.807) is 7.11 Å². The van der Waals surface area contributed by atoms with Crippen molar-refractivity contribution in [2.45, 2.75) is 64.8 Å². The van der Waals surface area contributed by atoms with Crippen LogP contribution < -0.4 is 10.1 Å². The summed E-state index contributed by atoms with van der Waals surface area (Å²) in [5, 5.41) is 3.68.